The summed E-state index contributed by atoms with van der Waals surface area (Å²) in [6.07, 6.45) is 0. The first-order chi connectivity index (χ1) is 5.76. The van der Waals surface area contributed by atoms with E-state index in [1.807, 2.05) is 12.1 Å². The Labute approximate surface area is 74.2 Å². The minimum Gasteiger partial charge on any atom is -0.465 e. The summed E-state index contributed by atoms with van der Waals surface area (Å²) in [4.78, 5) is 2.30. The topological polar surface area (TPSA) is 16.4 Å². The van der Waals surface area contributed by atoms with Gasteiger partial charge in [-0.05, 0) is 25.2 Å². The second kappa shape index (κ2) is 4.31. The summed E-state index contributed by atoms with van der Waals surface area (Å²) >= 11 is 0. The van der Waals surface area contributed by atoms with Gasteiger partial charge in [-0.25, -0.2) is 0 Å². The normalized spacial score (nSPS) is 11.0. The highest BCUT2D eigenvalue weighted by atomic mass is 16.3. The van der Waals surface area contributed by atoms with E-state index >= 15 is 0 Å². The molecule has 0 saturated heterocycles. The standard InChI is InChI=1S/C10H16NO/c1-4-11(5-2)8-10-7-6-9(3)12-10/h6-7H,3-5,8H2,1-2H3. The number of hydrogen-bond donors (Lipinski definition) is 0. The van der Waals surface area contributed by atoms with Crippen LogP contribution >= 0.6 is 0 Å². The largest absolute Gasteiger partial charge is 0.465 e. The lowest BCUT2D eigenvalue weighted by molar-refractivity contribution is 0.267. The third-order valence-corrected chi connectivity index (χ3v) is 1.99. The van der Waals surface area contributed by atoms with Crippen LogP contribution in [0.15, 0.2) is 16.5 Å². The summed E-state index contributed by atoms with van der Waals surface area (Å²) in [5, 5.41) is 0. The van der Waals surface area contributed by atoms with Crippen LogP contribution in [0, 0.1) is 6.92 Å². The van der Waals surface area contributed by atoms with E-state index in [4.69, 9.17) is 4.42 Å². The molecule has 1 radical (unpaired) electrons. The Bertz CT molecular complexity index is 225. The van der Waals surface area contributed by atoms with Crippen LogP contribution in [0.2, 0.25) is 0 Å². The Morgan fingerprint density at radius 1 is 1.33 bits per heavy atom. The van der Waals surface area contributed by atoms with Gasteiger partial charge in [0.15, 0.2) is 0 Å². The fourth-order valence-corrected chi connectivity index (χ4v) is 1.17. The summed E-state index contributed by atoms with van der Waals surface area (Å²) in [6, 6.07) is 3.89. The van der Waals surface area contributed by atoms with Crippen molar-refractivity contribution in [3.05, 3.63) is 30.6 Å². The van der Waals surface area contributed by atoms with Crippen LogP contribution in [0.1, 0.15) is 25.4 Å². The first-order valence-electron chi connectivity index (χ1n) is 4.39. The van der Waals surface area contributed by atoms with Crippen molar-refractivity contribution in [1.82, 2.24) is 4.90 Å². The molecule has 0 bridgehead atoms. The van der Waals surface area contributed by atoms with Crippen LogP contribution in [-0.4, -0.2) is 18.0 Å². The molecule has 0 spiro atoms. The third-order valence-electron chi connectivity index (χ3n) is 1.99. The molecule has 0 aromatic carbocycles. The lowest BCUT2D eigenvalue weighted by Gasteiger charge is -2.15. The zero-order valence-corrected chi connectivity index (χ0v) is 7.84. The molecule has 67 valence electrons. The van der Waals surface area contributed by atoms with Crippen molar-refractivity contribution in [2.24, 2.45) is 0 Å². The smallest absolute Gasteiger partial charge is 0.118 e. The molecule has 0 N–H and O–H groups in total. The van der Waals surface area contributed by atoms with Gasteiger partial charge in [-0.1, -0.05) is 13.8 Å². The number of rotatable bonds is 4. The average molecular weight is 166 g/mol. The zero-order valence-electron chi connectivity index (χ0n) is 7.84. The molecule has 2 nitrogen and oxygen atoms in total. The van der Waals surface area contributed by atoms with E-state index in [9.17, 15) is 0 Å². The zero-order chi connectivity index (χ0) is 8.97. The Morgan fingerprint density at radius 2 is 2.00 bits per heavy atom. The maximum atomic E-state index is 5.36. The lowest BCUT2D eigenvalue weighted by Crippen LogP contribution is -2.21. The molecule has 1 aromatic rings. The van der Waals surface area contributed by atoms with Crippen molar-refractivity contribution < 1.29 is 4.42 Å². The second-order valence-electron chi connectivity index (χ2n) is 2.83. The van der Waals surface area contributed by atoms with E-state index in [0.717, 1.165) is 31.2 Å². The molecule has 0 fully saturated rings. The Morgan fingerprint density at radius 3 is 2.42 bits per heavy atom. The molecule has 1 rings (SSSR count). The van der Waals surface area contributed by atoms with Gasteiger partial charge in [-0.2, -0.15) is 0 Å². The van der Waals surface area contributed by atoms with Gasteiger partial charge in [0.05, 0.1) is 6.54 Å². The molecule has 0 aliphatic carbocycles. The first-order valence-corrected chi connectivity index (χ1v) is 4.39. The molecular weight excluding hydrogens is 150 g/mol. The summed E-state index contributed by atoms with van der Waals surface area (Å²) in [5.74, 6) is 1.75. The predicted molar refractivity (Wildman–Crippen MR) is 49.8 cm³/mol. The molecule has 1 aromatic heterocycles. The van der Waals surface area contributed by atoms with Gasteiger partial charge in [0.25, 0.3) is 0 Å². The molecule has 0 atom stereocenters. The Kier molecular flexibility index (Phi) is 3.35. The van der Waals surface area contributed by atoms with Crippen LogP contribution in [-0.2, 0) is 6.54 Å². The van der Waals surface area contributed by atoms with Gasteiger partial charge >= 0.3 is 0 Å². The van der Waals surface area contributed by atoms with Crippen molar-refractivity contribution in [3.8, 4) is 0 Å². The van der Waals surface area contributed by atoms with Gasteiger partial charge in [-0.3, -0.25) is 4.90 Å². The Balaban J connectivity index is 2.50. The second-order valence-corrected chi connectivity index (χ2v) is 2.83. The van der Waals surface area contributed by atoms with E-state index < -0.39 is 0 Å². The van der Waals surface area contributed by atoms with Gasteiger partial charge in [0.2, 0.25) is 0 Å². The van der Waals surface area contributed by atoms with Crippen LogP contribution < -0.4 is 0 Å². The average Bonchev–Trinajstić information content (AvgIpc) is 2.47. The fourth-order valence-electron chi connectivity index (χ4n) is 1.17. The van der Waals surface area contributed by atoms with Crippen molar-refractivity contribution in [2.75, 3.05) is 13.1 Å². The molecule has 0 aliphatic rings. The highest BCUT2D eigenvalue weighted by Gasteiger charge is 2.03. The highest BCUT2D eigenvalue weighted by molar-refractivity contribution is 5.08. The number of hydrogen-bond acceptors (Lipinski definition) is 2. The SMILES string of the molecule is [CH2]c1ccc(CN(CC)CC)o1. The summed E-state index contributed by atoms with van der Waals surface area (Å²) < 4.78 is 5.36. The third kappa shape index (κ3) is 2.38. The van der Waals surface area contributed by atoms with E-state index in [1.165, 1.54) is 0 Å². The highest BCUT2D eigenvalue weighted by Crippen LogP contribution is 2.08. The van der Waals surface area contributed by atoms with Gasteiger partial charge < -0.3 is 4.42 Å². The van der Waals surface area contributed by atoms with Gasteiger partial charge in [0, 0.05) is 6.92 Å². The predicted octanol–water partition coefficient (Wildman–Crippen LogP) is 2.30. The quantitative estimate of drug-likeness (QED) is 0.682. The monoisotopic (exact) mass is 166 g/mol. The minimum absolute atomic E-state index is 0.747. The van der Waals surface area contributed by atoms with E-state index in [1.54, 1.807) is 0 Å². The van der Waals surface area contributed by atoms with Crippen molar-refractivity contribution in [1.29, 1.82) is 0 Å². The number of nitrogens with zero attached hydrogens (tertiary/aromatic N) is 1. The van der Waals surface area contributed by atoms with E-state index in [0.29, 0.717) is 0 Å². The van der Waals surface area contributed by atoms with E-state index in [-0.39, 0.29) is 0 Å². The summed E-state index contributed by atoms with van der Waals surface area (Å²) in [7, 11) is 0. The summed E-state index contributed by atoms with van der Waals surface area (Å²) in [5.41, 5.74) is 0. The molecule has 0 aliphatic heterocycles. The number of furan rings is 1. The van der Waals surface area contributed by atoms with E-state index in [2.05, 4.69) is 25.7 Å². The van der Waals surface area contributed by atoms with Crippen LogP contribution in [0.4, 0.5) is 0 Å². The Hall–Kier alpha value is -0.760. The fraction of sp³-hybridized carbons (Fsp3) is 0.500. The molecule has 12 heavy (non-hydrogen) atoms. The maximum absolute atomic E-state index is 5.36. The summed E-state index contributed by atoms with van der Waals surface area (Å²) in [6.45, 7) is 11.0. The molecule has 0 unspecified atom stereocenters. The van der Waals surface area contributed by atoms with Crippen LogP contribution in [0.3, 0.4) is 0 Å². The first kappa shape index (κ1) is 9.33. The van der Waals surface area contributed by atoms with Crippen LogP contribution in [0.5, 0.6) is 0 Å². The van der Waals surface area contributed by atoms with Crippen LogP contribution in [0.25, 0.3) is 0 Å². The molecule has 0 saturated carbocycles. The van der Waals surface area contributed by atoms with Gasteiger partial charge in [0.1, 0.15) is 11.5 Å². The molecule has 2 heteroatoms. The van der Waals surface area contributed by atoms with Crippen molar-refractivity contribution in [3.63, 3.8) is 0 Å². The van der Waals surface area contributed by atoms with Crippen molar-refractivity contribution in [2.45, 2.75) is 20.4 Å². The molecular formula is C10H16NO. The molecule has 0 amide bonds. The molecule has 1 heterocycles. The van der Waals surface area contributed by atoms with Crippen molar-refractivity contribution >= 4 is 0 Å². The minimum atomic E-state index is 0.747. The maximum Gasteiger partial charge on any atom is 0.118 e. The lowest BCUT2D eigenvalue weighted by atomic mass is 10.4. The van der Waals surface area contributed by atoms with Gasteiger partial charge in [-0.15, -0.1) is 0 Å².